The maximum absolute atomic E-state index is 12.8. The van der Waals surface area contributed by atoms with E-state index < -0.39 is 0 Å². The molecule has 0 radical (unpaired) electrons. The number of hydrogen-bond acceptors (Lipinski definition) is 5. The summed E-state index contributed by atoms with van der Waals surface area (Å²) in [7, 11) is 0. The zero-order chi connectivity index (χ0) is 16.5. The van der Waals surface area contributed by atoms with Crippen molar-refractivity contribution in [1.82, 2.24) is 24.6 Å². The predicted octanol–water partition coefficient (Wildman–Crippen LogP) is 2.62. The topological polar surface area (TPSA) is 63.9 Å². The first-order valence-corrected chi connectivity index (χ1v) is 8.79. The highest BCUT2D eigenvalue weighted by molar-refractivity contribution is 7.16. The van der Waals surface area contributed by atoms with Gasteiger partial charge in [0.2, 0.25) is 0 Å². The molecule has 7 heteroatoms. The molecule has 4 rings (SSSR count). The van der Waals surface area contributed by atoms with Crippen molar-refractivity contribution in [3.8, 4) is 10.6 Å². The van der Waals surface area contributed by atoms with Gasteiger partial charge >= 0.3 is 0 Å². The number of benzene rings is 1. The van der Waals surface area contributed by atoms with Crippen molar-refractivity contribution in [3.05, 3.63) is 53.1 Å². The number of aromatic nitrogens is 4. The molecule has 6 nitrogen and oxygen atoms in total. The number of thiazole rings is 1. The van der Waals surface area contributed by atoms with E-state index in [1.165, 1.54) is 11.3 Å². The van der Waals surface area contributed by atoms with Crippen LogP contribution in [-0.2, 0) is 19.5 Å². The zero-order valence-corrected chi connectivity index (χ0v) is 14.2. The van der Waals surface area contributed by atoms with Crippen LogP contribution in [-0.4, -0.2) is 37.1 Å². The third kappa shape index (κ3) is 2.60. The molecule has 0 aliphatic carbocycles. The Kier molecular flexibility index (Phi) is 3.86. The maximum Gasteiger partial charge on any atom is 0.266 e. The van der Waals surface area contributed by atoms with Gasteiger partial charge in [-0.3, -0.25) is 4.79 Å². The summed E-state index contributed by atoms with van der Waals surface area (Å²) in [5.41, 5.74) is 1.03. The first-order chi connectivity index (χ1) is 11.8. The van der Waals surface area contributed by atoms with Crippen LogP contribution in [0.3, 0.4) is 0 Å². The fraction of sp³-hybridized carbons (Fsp3) is 0.294. The van der Waals surface area contributed by atoms with Crippen LogP contribution in [0, 0.1) is 0 Å². The highest BCUT2D eigenvalue weighted by Gasteiger charge is 2.26. The molecule has 1 aliphatic rings. The lowest BCUT2D eigenvalue weighted by molar-refractivity contribution is 0.0711. The minimum absolute atomic E-state index is 0.0157. The Labute approximate surface area is 143 Å². The Balaban J connectivity index is 1.54. The van der Waals surface area contributed by atoms with E-state index in [2.05, 4.69) is 26.7 Å². The van der Waals surface area contributed by atoms with Gasteiger partial charge in [0, 0.05) is 25.1 Å². The normalized spacial score (nSPS) is 13.8. The Morgan fingerprint density at radius 1 is 1.21 bits per heavy atom. The van der Waals surface area contributed by atoms with Gasteiger partial charge in [0.05, 0.1) is 12.7 Å². The molecule has 3 aromatic rings. The number of hydrogen-bond donors (Lipinski definition) is 0. The van der Waals surface area contributed by atoms with Crippen LogP contribution in [0.25, 0.3) is 10.6 Å². The third-order valence-corrected chi connectivity index (χ3v) is 5.20. The van der Waals surface area contributed by atoms with Gasteiger partial charge in [-0.2, -0.15) is 0 Å². The molecule has 0 unspecified atom stereocenters. The molecule has 122 valence electrons. The van der Waals surface area contributed by atoms with Crippen molar-refractivity contribution >= 4 is 17.2 Å². The van der Waals surface area contributed by atoms with Gasteiger partial charge in [-0.1, -0.05) is 37.3 Å². The minimum atomic E-state index is 0.0157. The van der Waals surface area contributed by atoms with Gasteiger partial charge in [0.25, 0.3) is 5.91 Å². The molecular weight excluding hydrogens is 322 g/mol. The van der Waals surface area contributed by atoms with Crippen LogP contribution in [0.15, 0.2) is 36.5 Å². The van der Waals surface area contributed by atoms with E-state index in [4.69, 9.17) is 0 Å². The van der Waals surface area contributed by atoms with E-state index in [1.54, 1.807) is 6.20 Å². The lowest BCUT2D eigenvalue weighted by Gasteiger charge is -2.27. The third-order valence-electron chi connectivity index (χ3n) is 4.17. The molecule has 0 bridgehead atoms. The lowest BCUT2D eigenvalue weighted by atomic mass is 10.2. The average molecular weight is 339 g/mol. The van der Waals surface area contributed by atoms with Crippen LogP contribution in [0.2, 0.25) is 0 Å². The highest BCUT2D eigenvalue weighted by Crippen LogP contribution is 2.26. The number of nitrogens with zero attached hydrogens (tertiary/aromatic N) is 5. The van der Waals surface area contributed by atoms with Gasteiger partial charge in [-0.15, -0.1) is 21.5 Å². The second-order valence-electron chi connectivity index (χ2n) is 5.66. The summed E-state index contributed by atoms with van der Waals surface area (Å²) in [6.07, 6.45) is 2.53. The smallest absolute Gasteiger partial charge is 0.266 e. The van der Waals surface area contributed by atoms with E-state index in [0.29, 0.717) is 18.0 Å². The Bertz CT molecular complexity index is 870. The predicted molar refractivity (Wildman–Crippen MR) is 91.7 cm³/mol. The standard InChI is InChI=1S/C17H17N5OS/c1-2-14-19-20-15-11-21(8-9-22(14)15)17(23)13-10-18-16(24-13)12-6-4-3-5-7-12/h3-7,10H,2,8-9,11H2,1H3. The van der Waals surface area contributed by atoms with Crippen molar-refractivity contribution in [2.75, 3.05) is 6.54 Å². The molecule has 0 spiro atoms. The van der Waals surface area contributed by atoms with E-state index in [9.17, 15) is 4.79 Å². The molecule has 2 aromatic heterocycles. The number of aryl methyl sites for hydroxylation is 1. The van der Waals surface area contributed by atoms with Crippen LogP contribution < -0.4 is 0 Å². The van der Waals surface area contributed by atoms with Gasteiger partial charge in [0.1, 0.15) is 15.7 Å². The van der Waals surface area contributed by atoms with Crippen molar-refractivity contribution < 1.29 is 4.79 Å². The lowest BCUT2D eigenvalue weighted by Crippen LogP contribution is -2.38. The number of rotatable bonds is 3. The molecule has 0 N–H and O–H groups in total. The molecule has 1 aliphatic heterocycles. The van der Waals surface area contributed by atoms with Crippen LogP contribution in [0.5, 0.6) is 0 Å². The molecule has 1 aromatic carbocycles. The quantitative estimate of drug-likeness (QED) is 0.736. The second kappa shape index (κ2) is 6.16. The maximum atomic E-state index is 12.8. The fourth-order valence-electron chi connectivity index (χ4n) is 2.90. The van der Waals surface area contributed by atoms with Crippen LogP contribution >= 0.6 is 11.3 Å². The number of carbonyl (C=O) groups is 1. The highest BCUT2D eigenvalue weighted by atomic mass is 32.1. The zero-order valence-electron chi connectivity index (χ0n) is 13.3. The largest absolute Gasteiger partial charge is 0.329 e. The van der Waals surface area contributed by atoms with Crippen molar-refractivity contribution in [3.63, 3.8) is 0 Å². The molecule has 0 atom stereocenters. The molecule has 24 heavy (non-hydrogen) atoms. The van der Waals surface area contributed by atoms with Gasteiger partial charge in [-0.25, -0.2) is 4.98 Å². The first-order valence-electron chi connectivity index (χ1n) is 7.97. The second-order valence-corrected chi connectivity index (χ2v) is 6.69. The van der Waals surface area contributed by atoms with Crippen molar-refractivity contribution in [1.29, 1.82) is 0 Å². The number of carbonyl (C=O) groups excluding carboxylic acids is 1. The van der Waals surface area contributed by atoms with Crippen molar-refractivity contribution in [2.45, 2.75) is 26.4 Å². The summed E-state index contributed by atoms with van der Waals surface area (Å²) in [4.78, 5) is 19.7. The fourth-order valence-corrected chi connectivity index (χ4v) is 3.79. The monoisotopic (exact) mass is 339 g/mol. The van der Waals surface area contributed by atoms with E-state index >= 15 is 0 Å². The van der Waals surface area contributed by atoms with Gasteiger partial charge in [-0.05, 0) is 0 Å². The molecule has 1 amide bonds. The number of amides is 1. The average Bonchev–Trinajstić information content (AvgIpc) is 3.28. The first kappa shape index (κ1) is 15.0. The van der Waals surface area contributed by atoms with Crippen LogP contribution in [0.4, 0.5) is 0 Å². The van der Waals surface area contributed by atoms with E-state index in [0.717, 1.165) is 35.2 Å². The Hall–Kier alpha value is -2.54. The molecule has 0 saturated heterocycles. The van der Waals surface area contributed by atoms with E-state index in [-0.39, 0.29) is 5.91 Å². The molecule has 0 saturated carbocycles. The van der Waals surface area contributed by atoms with E-state index in [1.807, 2.05) is 35.2 Å². The van der Waals surface area contributed by atoms with Gasteiger partial charge in [0.15, 0.2) is 5.82 Å². The van der Waals surface area contributed by atoms with Gasteiger partial charge < -0.3 is 9.47 Å². The summed E-state index contributed by atoms with van der Waals surface area (Å²) in [6, 6.07) is 9.92. The summed E-state index contributed by atoms with van der Waals surface area (Å²) >= 11 is 1.43. The molecule has 3 heterocycles. The summed E-state index contributed by atoms with van der Waals surface area (Å²) < 4.78 is 2.12. The summed E-state index contributed by atoms with van der Waals surface area (Å²) in [5, 5.41) is 9.27. The summed E-state index contributed by atoms with van der Waals surface area (Å²) in [5.74, 6) is 1.86. The number of fused-ring (bicyclic) bond motifs is 1. The van der Waals surface area contributed by atoms with Crippen molar-refractivity contribution in [2.24, 2.45) is 0 Å². The summed E-state index contributed by atoms with van der Waals surface area (Å²) in [6.45, 7) is 4.00. The Morgan fingerprint density at radius 3 is 2.83 bits per heavy atom. The van der Waals surface area contributed by atoms with Crippen LogP contribution in [0.1, 0.15) is 28.2 Å². The SMILES string of the molecule is CCc1nnc2n1CCN(C(=O)c1cnc(-c3ccccc3)s1)C2. The molecule has 0 fully saturated rings. The Morgan fingerprint density at radius 2 is 2.04 bits per heavy atom. The molecular formula is C17H17N5OS. The minimum Gasteiger partial charge on any atom is -0.329 e.